The monoisotopic (exact) mass is 397 g/mol. The Balaban J connectivity index is 1.76. The standard InChI is InChI=1S/C19H27N9O/c1-3-26(4-2)5-6-28-17-15(13-23-28)16(14-11-21-18(20)22-12-14)24-19(25-17)27-7-9-29-10-8-27/h11-13H,3-10H2,1-2H3,(H2,20,21,22). The van der Waals surface area contributed by atoms with Gasteiger partial charge in [0.25, 0.3) is 0 Å². The highest BCUT2D eigenvalue weighted by atomic mass is 16.5. The Hall–Kier alpha value is -2.85. The summed E-state index contributed by atoms with van der Waals surface area (Å²) < 4.78 is 7.44. The lowest BCUT2D eigenvalue weighted by molar-refractivity contribution is 0.122. The lowest BCUT2D eigenvalue weighted by Gasteiger charge is -2.27. The van der Waals surface area contributed by atoms with Crippen LogP contribution >= 0.6 is 0 Å². The van der Waals surface area contributed by atoms with Crippen molar-refractivity contribution in [1.29, 1.82) is 0 Å². The van der Waals surface area contributed by atoms with Gasteiger partial charge in [0.1, 0.15) is 0 Å². The van der Waals surface area contributed by atoms with E-state index in [1.807, 2.05) is 10.9 Å². The number of anilines is 2. The lowest BCUT2D eigenvalue weighted by Crippen LogP contribution is -2.37. The Bertz CT molecular complexity index is 946. The van der Waals surface area contributed by atoms with Gasteiger partial charge in [0.2, 0.25) is 11.9 Å². The van der Waals surface area contributed by atoms with Crippen molar-refractivity contribution >= 4 is 22.9 Å². The molecule has 2 N–H and O–H groups in total. The maximum Gasteiger partial charge on any atom is 0.228 e. The van der Waals surface area contributed by atoms with E-state index in [-0.39, 0.29) is 5.95 Å². The first kappa shape index (κ1) is 19.5. The van der Waals surface area contributed by atoms with E-state index >= 15 is 0 Å². The average Bonchev–Trinajstić information content (AvgIpc) is 3.18. The van der Waals surface area contributed by atoms with Crippen LogP contribution < -0.4 is 10.6 Å². The minimum absolute atomic E-state index is 0.238. The first-order valence-corrected chi connectivity index (χ1v) is 10.1. The number of nitrogen functional groups attached to an aromatic ring is 1. The summed E-state index contributed by atoms with van der Waals surface area (Å²) in [5.41, 5.74) is 8.05. The van der Waals surface area contributed by atoms with Crippen molar-refractivity contribution in [2.45, 2.75) is 20.4 Å². The van der Waals surface area contributed by atoms with Crippen molar-refractivity contribution < 1.29 is 4.74 Å². The van der Waals surface area contributed by atoms with Crippen molar-refractivity contribution in [1.82, 2.24) is 34.6 Å². The molecule has 0 saturated carbocycles. The van der Waals surface area contributed by atoms with Crippen LogP contribution in [0.15, 0.2) is 18.6 Å². The van der Waals surface area contributed by atoms with Crippen LogP contribution in [-0.2, 0) is 11.3 Å². The Labute approximate surface area is 169 Å². The summed E-state index contributed by atoms with van der Waals surface area (Å²) in [4.78, 5) is 22.5. The SMILES string of the molecule is CCN(CC)CCn1ncc2c(-c3cnc(N)nc3)nc(N3CCOCC3)nc21. The molecule has 3 aromatic rings. The molecule has 4 heterocycles. The Morgan fingerprint density at radius 1 is 1.07 bits per heavy atom. The van der Waals surface area contributed by atoms with Gasteiger partial charge in [-0.15, -0.1) is 0 Å². The highest BCUT2D eigenvalue weighted by Gasteiger charge is 2.20. The minimum atomic E-state index is 0.238. The molecule has 0 radical (unpaired) electrons. The zero-order valence-corrected chi connectivity index (χ0v) is 17.0. The largest absolute Gasteiger partial charge is 0.378 e. The maximum absolute atomic E-state index is 5.66. The number of hydrogen-bond acceptors (Lipinski definition) is 9. The van der Waals surface area contributed by atoms with Gasteiger partial charge in [-0.1, -0.05) is 13.8 Å². The molecule has 10 heteroatoms. The maximum atomic E-state index is 5.66. The zero-order valence-electron chi connectivity index (χ0n) is 17.0. The molecule has 10 nitrogen and oxygen atoms in total. The molecular weight excluding hydrogens is 370 g/mol. The van der Waals surface area contributed by atoms with Gasteiger partial charge >= 0.3 is 0 Å². The fraction of sp³-hybridized carbons (Fsp3) is 0.526. The van der Waals surface area contributed by atoms with E-state index in [0.29, 0.717) is 19.2 Å². The second-order valence-corrected chi connectivity index (χ2v) is 6.93. The Morgan fingerprint density at radius 3 is 2.48 bits per heavy atom. The quantitative estimate of drug-likeness (QED) is 0.625. The minimum Gasteiger partial charge on any atom is -0.378 e. The molecule has 1 aliphatic rings. The van der Waals surface area contributed by atoms with Crippen LogP contribution in [-0.4, -0.2) is 80.6 Å². The number of rotatable bonds is 7. The second kappa shape index (κ2) is 8.66. The van der Waals surface area contributed by atoms with E-state index in [1.54, 1.807) is 12.4 Å². The number of morpholine rings is 1. The summed E-state index contributed by atoms with van der Waals surface area (Å²) >= 11 is 0. The summed E-state index contributed by atoms with van der Waals surface area (Å²) in [6.07, 6.45) is 5.22. The van der Waals surface area contributed by atoms with Crippen LogP contribution in [0.25, 0.3) is 22.3 Å². The van der Waals surface area contributed by atoms with Crippen molar-refractivity contribution in [2.24, 2.45) is 0 Å². The molecule has 0 aromatic carbocycles. The fourth-order valence-electron chi connectivity index (χ4n) is 3.47. The molecule has 154 valence electrons. The molecule has 0 bridgehead atoms. The van der Waals surface area contributed by atoms with Crippen molar-refractivity contribution in [2.75, 3.05) is 56.6 Å². The summed E-state index contributed by atoms with van der Waals surface area (Å²) in [6, 6.07) is 0. The predicted molar refractivity (Wildman–Crippen MR) is 112 cm³/mol. The molecule has 0 aliphatic carbocycles. The van der Waals surface area contributed by atoms with Gasteiger partial charge in [0.15, 0.2) is 5.65 Å². The summed E-state index contributed by atoms with van der Waals surface area (Å²) in [6.45, 7) is 10.9. The molecule has 0 unspecified atom stereocenters. The third-order valence-corrected chi connectivity index (χ3v) is 5.25. The fourth-order valence-corrected chi connectivity index (χ4v) is 3.47. The molecule has 29 heavy (non-hydrogen) atoms. The van der Waals surface area contributed by atoms with E-state index in [0.717, 1.165) is 61.6 Å². The normalized spacial score (nSPS) is 14.8. The molecule has 1 saturated heterocycles. The molecule has 0 amide bonds. The van der Waals surface area contributed by atoms with Gasteiger partial charge in [0.05, 0.1) is 37.0 Å². The van der Waals surface area contributed by atoms with Crippen molar-refractivity contribution in [3.63, 3.8) is 0 Å². The van der Waals surface area contributed by atoms with Crippen LogP contribution in [0, 0.1) is 0 Å². The number of likely N-dealkylation sites (N-methyl/N-ethyl adjacent to an activating group) is 1. The Kier molecular flexibility index (Phi) is 5.81. The van der Waals surface area contributed by atoms with E-state index in [4.69, 9.17) is 20.4 Å². The van der Waals surface area contributed by atoms with E-state index in [1.165, 1.54) is 0 Å². The van der Waals surface area contributed by atoms with Gasteiger partial charge in [-0.25, -0.2) is 19.6 Å². The summed E-state index contributed by atoms with van der Waals surface area (Å²) in [5, 5.41) is 5.49. The Morgan fingerprint density at radius 2 is 1.79 bits per heavy atom. The van der Waals surface area contributed by atoms with Crippen LogP contribution in [0.1, 0.15) is 13.8 Å². The van der Waals surface area contributed by atoms with Gasteiger partial charge in [-0.05, 0) is 13.1 Å². The van der Waals surface area contributed by atoms with Gasteiger partial charge in [-0.3, -0.25) is 0 Å². The van der Waals surface area contributed by atoms with Crippen LogP contribution in [0.2, 0.25) is 0 Å². The van der Waals surface area contributed by atoms with Gasteiger partial charge in [-0.2, -0.15) is 10.1 Å². The predicted octanol–water partition coefficient (Wildman–Crippen LogP) is 1.04. The van der Waals surface area contributed by atoms with Crippen LogP contribution in [0.5, 0.6) is 0 Å². The highest BCUT2D eigenvalue weighted by molar-refractivity contribution is 5.90. The van der Waals surface area contributed by atoms with Crippen LogP contribution in [0.3, 0.4) is 0 Å². The smallest absolute Gasteiger partial charge is 0.228 e. The molecule has 1 aliphatic heterocycles. The number of hydrogen-bond donors (Lipinski definition) is 1. The molecular formula is C19H27N9O. The molecule has 0 atom stereocenters. The van der Waals surface area contributed by atoms with Crippen LogP contribution in [0.4, 0.5) is 11.9 Å². The number of fused-ring (bicyclic) bond motifs is 1. The lowest BCUT2D eigenvalue weighted by atomic mass is 10.2. The summed E-state index contributed by atoms with van der Waals surface area (Å²) in [7, 11) is 0. The first-order chi connectivity index (χ1) is 14.2. The highest BCUT2D eigenvalue weighted by Crippen LogP contribution is 2.28. The first-order valence-electron chi connectivity index (χ1n) is 10.1. The molecule has 3 aromatic heterocycles. The van der Waals surface area contributed by atoms with E-state index in [2.05, 4.69) is 38.7 Å². The third-order valence-electron chi connectivity index (χ3n) is 5.25. The van der Waals surface area contributed by atoms with Crippen molar-refractivity contribution in [3.8, 4) is 11.3 Å². The summed E-state index contributed by atoms with van der Waals surface area (Å²) in [5.74, 6) is 0.916. The average molecular weight is 397 g/mol. The number of nitrogens with two attached hydrogens (primary N) is 1. The molecule has 0 spiro atoms. The topological polar surface area (TPSA) is 111 Å². The third kappa shape index (κ3) is 4.13. The number of nitrogens with zero attached hydrogens (tertiary/aromatic N) is 8. The van der Waals surface area contributed by atoms with E-state index in [9.17, 15) is 0 Å². The van der Waals surface area contributed by atoms with Gasteiger partial charge < -0.3 is 20.3 Å². The number of ether oxygens (including phenoxy) is 1. The number of aromatic nitrogens is 6. The molecule has 4 rings (SSSR count). The second-order valence-electron chi connectivity index (χ2n) is 6.93. The molecule has 1 fully saturated rings. The van der Waals surface area contributed by atoms with Gasteiger partial charge in [0, 0.05) is 37.6 Å². The van der Waals surface area contributed by atoms with E-state index < -0.39 is 0 Å². The zero-order chi connectivity index (χ0) is 20.2. The van der Waals surface area contributed by atoms with Crippen molar-refractivity contribution in [3.05, 3.63) is 18.6 Å².